The molecule has 0 saturated carbocycles. The Morgan fingerprint density at radius 2 is 2.21 bits per heavy atom. The minimum atomic E-state index is -0.661. The van der Waals surface area contributed by atoms with Gasteiger partial charge in [0.15, 0.2) is 0 Å². The zero-order chi connectivity index (χ0) is 14.6. The van der Waals surface area contributed by atoms with E-state index in [0.29, 0.717) is 0 Å². The quantitative estimate of drug-likeness (QED) is 0.615. The van der Waals surface area contributed by atoms with Gasteiger partial charge in [-0.2, -0.15) is 0 Å². The summed E-state index contributed by atoms with van der Waals surface area (Å²) >= 11 is 0. The molecule has 0 aromatic heterocycles. The van der Waals surface area contributed by atoms with Crippen LogP contribution in [0.1, 0.15) is 17.3 Å². The number of carbonyl (C=O) groups is 1. The lowest BCUT2D eigenvalue weighted by Gasteiger charge is -2.20. The molecule has 0 aliphatic heterocycles. The Kier molecular flexibility index (Phi) is 4.82. The van der Waals surface area contributed by atoms with E-state index in [9.17, 15) is 20.0 Å². The number of hydrogen-bond donors (Lipinski definition) is 2. The molecule has 0 radical (unpaired) electrons. The first kappa shape index (κ1) is 14.9. The van der Waals surface area contributed by atoms with Crippen molar-refractivity contribution in [2.75, 3.05) is 26.0 Å². The molecule has 0 spiro atoms. The Hall–Kier alpha value is -2.15. The maximum absolute atomic E-state index is 12.2. The van der Waals surface area contributed by atoms with Gasteiger partial charge in [0, 0.05) is 26.7 Å². The van der Waals surface area contributed by atoms with Crippen LogP contribution in [0.25, 0.3) is 0 Å². The highest BCUT2D eigenvalue weighted by Gasteiger charge is 2.23. The molecule has 1 amide bonds. The third-order valence-electron chi connectivity index (χ3n) is 2.60. The number of aliphatic hydroxyl groups excluding tert-OH is 1. The Balaban J connectivity index is 3.16. The van der Waals surface area contributed by atoms with Crippen molar-refractivity contribution < 1.29 is 14.8 Å². The molecule has 2 N–H and O–H groups in total. The molecule has 7 heteroatoms. The third-order valence-corrected chi connectivity index (χ3v) is 2.60. The van der Waals surface area contributed by atoms with Gasteiger partial charge >= 0.3 is 0 Å². The predicted molar refractivity (Wildman–Crippen MR) is 71.3 cm³/mol. The standard InChI is InChI=1S/C12H17N3O4/c1-8(16)7-14(3)12(17)9-5-4-6-10(15(18)19)11(9)13-2/h4-6,8,13,16H,7H2,1-3H3. The van der Waals surface area contributed by atoms with Crippen LogP contribution in [-0.4, -0.2) is 47.6 Å². The summed E-state index contributed by atoms with van der Waals surface area (Å²) in [4.78, 5) is 23.9. The van der Waals surface area contributed by atoms with Gasteiger partial charge in [0.2, 0.25) is 0 Å². The van der Waals surface area contributed by atoms with E-state index < -0.39 is 11.0 Å². The second-order valence-corrected chi connectivity index (χ2v) is 4.24. The first-order valence-electron chi connectivity index (χ1n) is 5.77. The van der Waals surface area contributed by atoms with Crippen LogP contribution in [0.3, 0.4) is 0 Å². The Morgan fingerprint density at radius 1 is 1.58 bits per heavy atom. The monoisotopic (exact) mass is 267 g/mol. The van der Waals surface area contributed by atoms with E-state index >= 15 is 0 Å². The maximum Gasteiger partial charge on any atom is 0.293 e. The average Bonchev–Trinajstić information content (AvgIpc) is 2.35. The molecule has 1 rings (SSSR count). The molecule has 0 saturated heterocycles. The van der Waals surface area contributed by atoms with Gasteiger partial charge in [-0.3, -0.25) is 14.9 Å². The largest absolute Gasteiger partial charge is 0.392 e. The Morgan fingerprint density at radius 3 is 2.68 bits per heavy atom. The number of aliphatic hydroxyl groups is 1. The zero-order valence-electron chi connectivity index (χ0n) is 11.1. The van der Waals surface area contributed by atoms with E-state index in [2.05, 4.69) is 5.32 Å². The number of rotatable bonds is 5. The molecular weight excluding hydrogens is 250 g/mol. The van der Waals surface area contributed by atoms with Crippen molar-refractivity contribution in [3.63, 3.8) is 0 Å². The highest BCUT2D eigenvalue weighted by molar-refractivity contribution is 6.01. The van der Waals surface area contributed by atoms with Crippen LogP contribution in [0.5, 0.6) is 0 Å². The van der Waals surface area contributed by atoms with Crippen LogP contribution in [0.15, 0.2) is 18.2 Å². The number of carbonyl (C=O) groups excluding carboxylic acids is 1. The van der Waals surface area contributed by atoms with Crippen LogP contribution in [0.2, 0.25) is 0 Å². The first-order chi connectivity index (χ1) is 8.88. The fourth-order valence-electron chi connectivity index (χ4n) is 1.82. The van der Waals surface area contributed by atoms with Gasteiger partial charge in [-0.15, -0.1) is 0 Å². The van der Waals surface area contributed by atoms with E-state index in [1.165, 1.54) is 37.2 Å². The van der Waals surface area contributed by atoms with Crippen LogP contribution in [0, 0.1) is 10.1 Å². The SMILES string of the molecule is CNc1c(C(=O)N(C)CC(C)O)cccc1[N+](=O)[O-]. The summed E-state index contributed by atoms with van der Waals surface area (Å²) in [5, 5.41) is 22.9. The number of likely N-dealkylation sites (N-methyl/N-ethyl adjacent to an activating group) is 1. The van der Waals surface area contributed by atoms with Gasteiger partial charge in [-0.25, -0.2) is 0 Å². The van der Waals surface area contributed by atoms with Gasteiger partial charge < -0.3 is 15.3 Å². The van der Waals surface area contributed by atoms with Crippen LogP contribution >= 0.6 is 0 Å². The maximum atomic E-state index is 12.2. The fourth-order valence-corrected chi connectivity index (χ4v) is 1.82. The highest BCUT2D eigenvalue weighted by atomic mass is 16.6. The molecule has 1 atom stereocenters. The Bertz CT molecular complexity index is 488. The highest BCUT2D eigenvalue weighted by Crippen LogP contribution is 2.28. The van der Waals surface area contributed by atoms with Crippen molar-refractivity contribution in [3.8, 4) is 0 Å². The van der Waals surface area contributed by atoms with E-state index in [0.717, 1.165) is 0 Å². The van der Waals surface area contributed by atoms with Crippen molar-refractivity contribution in [2.24, 2.45) is 0 Å². The molecule has 19 heavy (non-hydrogen) atoms. The zero-order valence-corrected chi connectivity index (χ0v) is 11.1. The second kappa shape index (κ2) is 6.14. The van der Waals surface area contributed by atoms with Gasteiger partial charge in [-0.05, 0) is 13.0 Å². The van der Waals surface area contributed by atoms with Crippen molar-refractivity contribution in [1.29, 1.82) is 0 Å². The third kappa shape index (κ3) is 3.41. The van der Waals surface area contributed by atoms with Crippen LogP contribution in [0.4, 0.5) is 11.4 Å². The summed E-state index contributed by atoms with van der Waals surface area (Å²) in [6.07, 6.45) is -0.661. The van der Waals surface area contributed by atoms with Crippen molar-refractivity contribution in [1.82, 2.24) is 4.90 Å². The summed E-state index contributed by atoms with van der Waals surface area (Å²) in [5.74, 6) is -0.381. The molecule has 0 fully saturated rings. The second-order valence-electron chi connectivity index (χ2n) is 4.24. The molecule has 0 aliphatic carbocycles. The van der Waals surface area contributed by atoms with E-state index in [1.54, 1.807) is 6.92 Å². The van der Waals surface area contributed by atoms with E-state index in [1.807, 2.05) is 0 Å². The van der Waals surface area contributed by atoms with Crippen LogP contribution < -0.4 is 5.32 Å². The molecular formula is C12H17N3O4. The molecule has 1 aromatic rings. The number of nitrogens with zero attached hydrogens (tertiary/aromatic N) is 2. The van der Waals surface area contributed by atoms with Gasteiger partial charge in [0.05, 0.1) is 16.6 Å². The van der Waals surface area contributed by atoms with Crippen molar-refractivity contribution >= 4 is 17.3 Å². The van der Waals surface area contributed by atoms with Crippen LogP contribution in [-0.2, 0) is 0 Å². The van der Waals surface area contributed by atoms with Gasteiger partial charge in [0.1, 0.15) is 5.69 Å². The number of amides is 1. The smallest absolute Gasteiger partial charge is 0.293 e. The minimum absolute atomic E-state index is 0.154. The van der Waals surface area contributed by atoms with Gasteiger partial charge in [-0.1, -0.05) is 6.07 Å². The van der Waals surface area contributed by atoms with Crippen molar-refractivity contribution in [3.05, 3.63) is 33.9 Å². The molecule has 1 unspecified atom stereocenters. The predicted octanol–water partition coefficient (Wildman–Crippen LogP) is 1.09. The average molecular weight is 267 g/mol. The number of nitrogens with one attached hydrogen (secondary N) is 1. The summed E-state index contributed by atoms with van der Waals surface area (Å²) < 4.78 is 0. The number of para-hydroxylation sites is 1. The lowest BCUT2D eigenvalue weighted by atomic mass is 10.1. The van der Waals surface area contributed by atoms with Crippen molar-refractivity contribution in [2.45, 2.75) is 13.0 Å². The minimum Gasteiger partial charge on any atom is -0.392 e. The normalized spacial score (nSPS) is 11.8. The lowest BCUT2D eigenvalue weighted by molar-refractivity contribution is -0.384. The number of nitro benzene ring substituents is 1. The molecule has 1 aromatic carbocycles. The lowest BCUT2D eigenvalue weighted by Crippen LogP contribution is -2.33. The fraction of sp³-hybridized carbons (Fsp3) is 0.417. The Labute approximate surface area is 111 Å². The van der Waals surface area contributed by atoms with E-state index in [4.69, 9.17) is 0 Å². The summed E-state index contributed by atoms with van der Waals surface area (Å²) in [5.41, 5.74) is 0.230. The summed E-state index contributed by atoms with van der Waals surface area (Å²) in [6, 6.07) is 4.30. The van der Waals surface area contributed by atoms with Gasteiger partial charge in [0.25, 0.3) is 11.6 Å². The molecule has 7 nitrogen and oxygen atoms in total. The first-order valence-corrected chi connectivity index (χ1v) is 5.77. The molecule has 0 heterocycles. The number of hydrogen-bond acceptors (Lipinski definition) is 5. The number of nitro groups is 1. The topological polar surface area (TPSA) is 95.7 Å². The molecule has 0 aliphatic rings. The van der Waals surface area contributed by atoms with E-state index in [-0.39, 0.29) is 29.4 Å². The summed E-state index contributed by atoms with van der Waals surface area (Å²) in [6.45, 7) is 1.72. The summed E-state index contributed by atoms with van der Waals surface area (Å²) in [7, 11) is 3.06. The number of benzene rings is 1. The molecule has 104 valence electrons. The molecule has 0 bridgehead atoms. The number of anilines is 1.